The maximum Gasteiger partial charge on any atom is 0.260 e. The van der Waals surface area contributed by atoms with Crippen LogP contribution in [0.25, 0.3) is 0 Å². The minimum atomic E-state index is -0.567. The summed E-state index contributed by atoms with van der Waals surface area (Å²) in [5.74, 6) is 0.776. The molecule has 0 heterocycles. The van der Waals surface area contributed by atoms with Gasteiger partial charge in [0.15, 0.2) is 6.10 Å². The molecule has 1 aromatic carbocycles. The molecule has 0 aromatic heterocycles. The van der Waals surface area contributed by atoms with E-state index in [9.17, 15) is 4.79 Å². The van der Waals surface area contributed by atoms with Crippen LogP contribution in [-0.4, -0.2) is 30.3 Å². The molecule has 118 valence electrons. The van der Waals surface area contributed by atoms with Crippen molar-refractivity contribution < 1.29 is 14.6 Å². The molecule has 2 N–H and O–H groups in total. The van der Waals surface area contributed by atoms with Crippen molar-refractivity contribution in [3.63, 3.8) is 0 Å². The Kier molecular flexibility index (Phi) is 8.16. The molecule has 21 heavy (non-hydrogen) atoms. The van der Waals surface area contributed by atoms with Gasteiger partial charge in [-0.15, -0.1) is 0 Å². The second kappa shape index (κ2) is 9.64. The summed E-state index contributed by atoms with van der Waals surface area (Å²) in [6, 6.07) is 6.91. The third-order valence-electron chi connectivity index (χ3n) is 3.29. The highest BCUT2D eigenvalue weighted by molar-refractivity contribution is 6.30. The number of amides is 1. The van der Waals surface area contributed by atoms with Crippen molar-refractivity contribution >= 4 is 17.5 Å². The molecule has 5 heteroatoms. The lowest BCUT2D eigenvalue weighted by molar-refractivity contribution is -0.127. The standard InChI is InChI=1S/C16H24ClNO3/c1-3-4-13(9-10-19)11-18-16(20)12(2)21-15-7-5-14(17)6-8-15/h5-8,12-13,19H,3-4,9-11H2,1-2H3,(H,18,20). The first kappa shape index (κ1) is 17.8. The highest BCUT2D eigenvalue weighted by Crippen LogP contribution is 2.17. The van der Waals surface area contributed by atoms with E-state index in [1.165, 1.54) is 0 Å². The van der Waals surface area contributed by atoms with Gasteiger partial charge in [-0.1, -0.05) is 24.9 Å². The summed E-state index contributed by atoms with van der Waals surface area (Å²) in [6.45, 7) is 4.53. The maximum absolute atomic E-state index is 12.0. The molecule has 0 aliphatic heterocycles. The van der Waals surface area contributed by atoms with E-state index >= 15 is 0 Å². The molecule has 0 aliphatic rings. The Morgan fingerprint density at radius 1 is 1.33 bits per heavy atom. The summed E-state index contributed by atoms with van der Waals surface area (Å²) < 4.78 is 5.56. The SMILES string of the molecule is CCCC(CCO)CNC(=O)C(C)Oc1ccc(Cl)cc1. The molecule has 0 saturated carbocycles. The first-order valence-corrected chi connectivity index (χ1v) is 7.75. The molecule has 2 unspecified atom stereocenters. The van der Waals surface area contributed by atoms with Crippen molar-refractivity contribution in [2.24, 2.45) is 5.92 Å². The third-order valence-corrected chi connectivity index (χ3v) is 3.55. The van der Waals surface area contributed by atoms with Gasteiger partial charge in [0.05, 0.1) is 0 Å². The van der Waals surface area contributed by atoms with Crippen molar-refractivity contribution in [2.75, 3.05) is 13.2 Å². The largest absolute Gasteiger partial charge is 0.481 e. The second-order valence-corrected chi connectivity index (χ2v) is 5.56. The number of aliphatic hydroxyl groups excluding tert-OH is 1. The van der Waals surface area contributed by atoms with Crippen LogP contribution >= 0.6 is 11.6 Å². The molecule has 1 rings (SSSR count). The van der Waals surface area contributed by atoms with Crippen LogP contribution in [0.2, 0.25) is 5.02 Å². The van der Waals surface area contributed by atoms with Crippen LogP contribution in [0.5, 0.6) is 5.75 Å². The first-order chi connectivity index (χ1) is 10.1. The monoisotopic (exact) mass is 313 g/mol. The average molecular weight is 314 g/mol. The maximum atomic E-state index is 12.0. The van der Waals surface area contributed by atoms with Gasteiger partial charge in [0.2, 0.25) is 0 Å². The zero-order valence-corrected chi connectivity index (χ0v) is 13.4. The van der Waals surface area contributed by atoms with Gasteiger partial charge in [-0.3, -0.25) is 4.79 Å². The summed E-state index contributed by atoms with van der Waals surface area (Å²) in [4.78, 5) is 12.0. The van der Waals surface area contributed by atoms with Crippen LogP contribution in [-0.2, 0) is 4.79 Å². The van der Waals surface area contributed by atoms with Crippen LogP contribution in [0.1, 0.15) is 33.1 Å². The lowest BCUT2D eigenvalue weighted by Crippen LogP contribution is -2.39. The highest BCUT2D eigenvalue weighted by Gasteiger charge is 2.16. The number of nitrogens with one attached hydrogen (secondary N) is 1. The average Bonchev–Trinajstić information content (AvgIpc) is 2.47. The van der Waals surface area contributed by atoms with Crippen molar-refractivity contribution in [1.82, 2.24) is 5.32 Å². The smallest absolute Gasteiger partial charge is 0.260 e. The fourth-order valence-corrected chi connectivity index (χ4v) is 2.22. The van der Waals surface area contributed by atoms with E-state index in [0.29, 0.717) is 29.7 Å². The fourth-order valence-electron chi connectivity index (χ4n) is 2.10. The molecular formula is C16H24ClNO3. The van der Waals surface area contributed by atoms with Crippen LogP contribution in [0.3, 0.4) is 0 Å². The Bertz CT molecular complexity index is 416. The summed E-state index contributed by atoms with van der Waals surface area (Å²) in [5.41, 5.74) is 0. The molecule has 4 nitrogen and oxygen atoms in total. The van der Waals surface area contributed by atoms with E-state index in [-0.39, 0.29) is 12.5 Å². The topological polar surface area (TPSA) is 58.6 Å². The minimum absolute atomic E-state index is 0.149. The normalized spacial score (nSPS) is 13.5. The van der Waals surface area contributed by atoms with E-state index in [1.54, 1.807) is 31.2 Å². The Morgan fingerprint density at radius 3 is 2.57 bits per heavy atom. The number of carbonyl (C=O) groups excluding carboxylic acids is 1. The number of hydrogen-bond donors (Lipinski definition) is 2. The van der Waals surface area contributed by atoms with E-state index in [2.05, 4.69) is 12.2 Å². The van der Waals surface area contributed by atoms with Crippen LogP contribution in [0.15, 0.2) is 24.3 Å². The molecule has 0 aliphatic carbocycles. The zero-order chi connectivity index (χ0) is 15.7. The van der Waals surface area contributed by atoms with E-state index in [1.807, 2.05) is 0 Å². The molecule has 1 aromatic rings. The number of hydrogen-bond acceptors (Lipinski definition) is 3. The number of carbonyl (C=O) groups is 1. The predicted octanol–water partition coefficient (Wildman–Crippen LogP) is 3.02. The Morgan fingerprint density at radius 2 is 2.00 bits per heavy atom. The van der Waals surface area contributed by atoms with Gasteiger partial charge in [0.1, 0.15) is 5.75 Å². The van der Waals surface area contributed by atoms with E-state index < -0.39 is 6.10 Å². The molecular weight excluding hydrogens is 290 g/mol. The Labute approximate surface area is 131 Å². The van der Waals surface area contributed by atoms with Crippen LogP contribution in [0.4, 0.5) is 0 Å². The quantitative estimate of drug-likeness (QED) is 0.737. The first-order valence-electron chi connectivity index (χ1n) is 7.37. The second-order valence-electron chi connectivity index (χ2n) is 5.13. The molecule has 0 radical (unpaired) electrons. The van der Waals surface area contributed by atoms with Crippen molar-refractivity contribution in [1.29, 1.82) is 0 Å². The van der Waals surface area contributed by atoms with Gasteiger partial charge in [0, 0.05) is 18.2 Å². The molecule has 0 fully saturated rings. The number of rotatable bonds is 9. The van der Waals surface area contributed by atoms with Gasteiger partial charge >= 0.3 is 0 Å². The molecule has 0 saturated heterocycles. The van der Waals surface area contributed by atoms with Gasteiger partial charge in [0.25, 0.3) is 5.91 Å². The Hall–Kier alpha value is -1.26. The summed E-state index contributed by atoms with van der Waals surface area (Å²) in [5, 5.41) is 12.5. The van der Waals surface area contributed by atoms with Gasteiger partial charge < -0.3 is 15.2 Å². The predicted molar refractivity (Wildman–Crippen MR) is 84.7 cm³/mol. The lowest BCUT2D eigenvalue weighted by atomic mass is 10.0. The van der Waals surface area contributed by atoms with E-state index in [0.717, 1.165) is 12.8 Å². The van der Waals surface area contributed by atoms with Crippen LogP contribution in [0, 0.1) is 5.92 Å². The number of benzene rings is 1. The van der Waals surface area contributed by atoms with Crippen molar-refractivity contribution in [3.8, 4) is 5.75 Å². The summed E-state index contributed by atoms with van der Waals surface area (Å²) >= 11 is 5.80. The van der Waals surface area contributed by atoms with Gasteiger partial charge in [-0.05, 0) is 49.9 Å². The van der Waals surface area contributed by atoms with E-state index in [4.69, 9.17) is 21.4 Å². The highest BCUT2D eigenvalue weighted by atomic mass is 35.5. The minimum Gasteiger partial charge on any atom is -0.481 e. The number of aliphatic hydroxyl groups is 1. The van der Waals surface area contributed by atoms with Crippen LogP contribution < -0.4 is 10.1 Å². The number of halogens is 1. The fraction of sp³-hybridized carbons (Fsp3) is 0.562. The summed E-state index contributed by atoms with van der Waals surface area (Å²) in [7, 11) is 0. The summed E-state index contributed by atoms with van der Waals surface area (Å²) in [6.07, 6.45) is 2.17. The van der Waals surface area contributed by atoms with Gasteiger partial charge in [-0.2, -0.15) is 0 Å². The molecule has 2 atom stereocenters. The lowest BCUT2D eigenvalue weighted by Gasteiger charge is -2.18. The molecule has 0 spiro atoms. The van der Waals surface area contributed by atoms with Gasteiger partial charge in [-0.25, -0.2) is 0 Å². The molecule has 1 amide bonds. The third kappa shape index (κ3) is 6.82. The zero-order valence-electron chi connectivity index (χ0n) is 12.6. The van der Waals surface area contributed by atoms with Crippen molar-refractivity contribution in [3.05, 3.63) is 29.3 Å². The molecule has 0 bridgehead atoms. The van der Waals surface area contributed by atoms with Crippen molar-refractivity contribution in [2.45, 2.75) is 39.2 Å². The number of ether oxygens (including phenoxy) is 1. The Balaban J connectivity index is 2.41.